The number of carbonyl (C=O) groups excluding carboxylic acids is 1. The number of nitrogens with zero attached hydrogens (tertiary/aromatic N) is 1. The number of hydrogen-bond donors (Lipinski definition) is 1. The molecule has 1 atom stereocenters. The highest BCUT2D eigenvalue weighted by molar-refractivity contribution is 5.76. The Hall–Kier alpha value is -1.58. The van der Waals surface area contributed by atoms with E-state index in [1.54, 1.807) is 6.20 Å². The van der Waals surface area contributed by atoms with Gasteiger partial charge in [-0.2, -0.15) is 0 Å². The van der Waals surface area contributed by atoms with Crippen molar-refractivity contribution in [1.82, 2.24) is 10.3 Å². The van der Waals surface area contributed by atoms with Crippen molar-refractivity contribution in [3.63, 3.8) is 0 Å². The Morgan fingerprint density at radius 1 is 1.62 bits per heavy atom. The average molecular weight is 220 g/mol. The van der Waals surface area contributed by atoms with E-state index in [1.807, 2.05) is 19.1 Å². The minimum Gasteiger partial charge on any atom is -0.477 e. The van der Waals surface area contributed by atoms with E-state index in [4.69, 9.17) is 4.74 Å². The number of piperidine rings is 1. The first-order valence-electron chi connectivity index (χ1n) is 5.57. The normalized spacial score (nSPS) is 20.3. The highest BCUT2D eigenvalue weighted by Gasteiger charge is 2.18. The Balaban J connectivity index is 1.84. The standard InChI is InChI=1S/C12H16N2O2/c1-9-3-2-6-13-12(9)16-8-10-4-5-11(15)14-7-10/h2-3,6,10H,4-5,7-8H2,1H3,(H,14,15). The van der Waals surface area contributed by atoms with Gasteiger partial charge in [-0.3, -0.25) is 4.79 Å². The van der Waals surface area contributed by atoms with Gasteiger partial charge < -0.3 is 10.1 Å². The molecule has 2 heterocycles. The zero-order valence-corrected chi connectivity index (χ0v) is 9.40. The lowest BCUT2D eigenvalue weighted by atomic mass is 10.0. The molecule has 4 nitrogen and oxygen atoms in total. The Bertz CT molecular complexity index is 369. The van der Waals surface area contributed by atoms with E-state index in [0.29, 0.717) is 31.4 Å². The maximum atomic E-state index is 11.0. The van der Waals surface area contributed by atoms with Gasteiger partial charge in [0.25, 0.3) is 0 Å². The Morgan fingerprint density at radius 3 is 3.19 bits per heavy atom. The summed E-state index contributed by atoms with van der Waals surface area (Å²) in [6.45, 7) is 3.31. The summed E-state index contributed by atoms with van der Waals surface area (Å²) in [6.07, 6.45) is 3.23. The van der Waals surface area contributed by atoms with Crippen molar-refractivity contribution < 1.29 is 9.53 Å². The number of ether oxygens (including phenoxy) is 1. The van der Waals surface area contributed by atoms with E-state index >= 15 is 0 Å². The van der Waals surface area contributed by atoms with Crippen LogP contribution in [0.4, 0.5) is 0 Å². The van der Waals surface area contributed by atoms with Crippen molar-refractivity contribution in [2.24, 2.45) is 5.92 Å². The molecule has 0 aromatic carbocycles. The van der Waals surface area contributed by atoms with Crippen LogP contribution in [0, 0.1) is 12.8 Å². The largest absolute Gasteiger partial charge is 0.477 e. The number of pyridine rings is 1. The van der Waals surface area contributed by atoms with Crippen LogP contribution in [0.2, 0.25) is 0 Å². The number of nitrogens with one attached hydrogen (secondary N) is 1. The number of aryl methyl sites for hydroxylation is 1. The fraction of sp³-hybridized carbons (Fsp3) is 0.500. The second kappa shape index (κ2) is 4.96. The van der Waals surface area contributed by atoms with Crippen molar-refractivity contribution in [3.8, 4) is 5.88 Å². The van der Waals surface area contributed by atoms with Gasteiger partial charge in [0.05, 0.1) is 6.61 Å². The molecule has 1 saturated heterocycles. The topological polar surface area (TPSA) is 51.2 Å². The van der Waals surface area contributed by atoms with Gasteiger partial charge in [0.15, 0.2) is 0 Å². The predicted molar refractivity (Wildman–Crippen MR) is 60.2 cm³/mol. The maximum absolute atomic E-state index is 11.0. The second-order valence-electron chi connectivity index (χ2n) is 4.15. The van der Waals surface area contributed by atoms with Gasteiger partial charge in [-0.15, -0.1) is 0 Å². The molecule has 0 bridgehead atoms. The third-order valence-corrected chi connectivity index (χ3v) is 2.78. The van der Waals surface area contributed by atoms with Crippen LogP contribution in [-0.2, 0) is 4.79 Å². The zero-order chi connectivity index (χ0) is 11.4. The molecule has 1 aromatic rings. The lowest BCUT2D eigenvalue weighted by Gasteiger charge is -2.22. The first kappa shape index (κ1) is 10.9. The van der Waals surface area contributed by atoms with Gasteiger partial charge in [-0.1, -0.05) is 6.07 Å². The molecule has 86 valence electrons. The average Bonchev–Trinajstić information content (AvgIpc) is 2.30. The van der Waals surface area contributed by atoms with E-state index in [9.17, 15) is 4.79 Å². The van der Waals surface area contributed by atoms with Crippen molar-refractivity contribution in [2.75, 3.05) is 13.2 Å². The molecule has 0 aliphatic carbocycles. The number of amides is 1. The molecule has 0 spiro atoms. The third-order valence-electron chi connectivity index (χ3n) is 2.78. The number of hydrogen-bond acceptors (Lipinski definition) is 3. The van der Waals surface area contributed by atoms with E-state index in [0.717, 1.165) is 12.0 Å². The first-order chi connectivity index (χ1) is 7.75. The Morgan fingerprint density at radius 2 is 2.50 bits per heavy atom. The molecule has 1 amide bonds. The van der Waals surface area contributed by atoms with E-state index in [2.05, 4.69) is 10.3 Å². The van der Waals surface area contributed by atoms with Crippen LogP contribution < -0.4 is 10.1 Å². The number of rotatable bonds is 3. The first-order valence-corrected chi connectivity index (χ1v) is 5.57. The van der Waals surface area contributed by atoms with Gasteiger partial charge in [0, 0.05) is 30.6 Å². The Labute approximate surface area is 95.0 Å². The van der Waals surface area contributed by atoms with Crippen LogP contribution in [0.1, 0.15) is 18.4 Å². The van der Waals surface area contributed by atoms with Crippen LogP contribution in [0.25, 0.3) is 0 Å². The predicted octanol–water partition coefficient (Wildman–Crippen LogP) is 1.30. The molecule has 0 radical (unpaired) electrons. The smallest absolute Gasteiger partial charge is 0.220 e. The Kier molecular flexibility index (Phi) is 3.39. The fourth-order valence-corrected chi connectivity index (χ4v) is 1.75. The van der Waals surface area contributed by atoms with Gasteiger partial charge >= 0.3 is 0 Å². The molecule has 1 aliphatic rings. The molecule has 1 fully saturated rings. The summed E-state index contributed by atoms with van der Waals surface area (Å²) in [4.78, 5) is 15.1. The highest BCUT2D eigenvalue weighted by atomic mass is 16.5. The van der Waals surface area contributed by atoms with Crippen LogP contribution in [-0.4, -0.2) is 24.0 Å². The summed E-state index contributed by atoms with van der Waals surface area (Å²) >= 11 is 0. The molecule has 2 rings (SSSR count). The maximum Gasteiger partial charge on any atom is 0.220 e. The van der Waals surface area contributed by atoms with Crippen LogP contribution in [0.5, 0.6) is 5.88 Å². The number of carbonyl (C=O) groups is 1. The van der Waals surface area contributed by atoms with Crippen LogP contribution in [0.15, 0.2) is 18.3 Å². The molecule has 1 aromatic heterocycles. The molecule has 1 aliphatic heterocycles. The minimum absolute atomic E-state index is 0.144. The molecule has 16 heavy (non-hydrogen) atoms. The second-order valence-corrected chi connectivity index (χ2v) is 4.15. The summed E-state index contributed by atoms with van der Waals surface area (Å²) in [6, 6.07) is 3.87. The molecule has 4 heteroatoms. The minimum atomic E-state index is 0.144. The summed E-state index contributed by atoms with van der Waals surface area (Å²) in [7, 11) is 0. The molecule has 0 saturated carbocycles. The number of aromatic nitrogens is 1. The molecular formula is C12H16N2O2. The molecule has 1 unspecified atom stereocenters. The van der Waals surface area contributed by atoms with Gasteiger partial charge in [-0.25, -0.2) is 4.98 Å². The monoisotopic (exact) mass is 220 g/mol. The van der Waals surface area contributed by atoms with Gasteiger partial charge in [0.1, 0.15) is 0 Å². The van der Waals surface area contributed by atoms with Crippen LogP contribution in [0.3, 0.4) is 0 Å². The van der Waals surface area contributed by atoms with Crippen molar-refractivity contribution in [2.45, 2.75) is 19.8 Å². The summed E-state index contributed by atoms with van der Waals surface area (Å²) in [5, 5.41) is 2.84. The van der Waals surface area contributed by atoms with Crippen molar-refractivity contribution >= 4 is 5.91 Å². The lowest BCUT2D eigenvalue weighted by molar-refractivity contribution is -0.123. The highest BCUT2D eigenvalue weighted by Crippen LogP contribution is 2.16. The SMILES string of the molecule is Cc1cccnc1OCC1CCC(=O)NC1. The summed E-state index contributed by atoms with van der Waals surface area (Å²) in [5.41, 5.74) is 1.04. The van der Waals surface area contributed by atoms with E-state index < -0.39 is 0 Å². The van der Waals surface area contributed by atoms with Crippen molar-refractivity contribution in [3.05, 3.63) is 23.9 Å². The van der Waals surface area contributed by atoms with Crippen LogP contribution >= 0.6 is 0 Å². The van der Waals surface area contributed by atoms with Gasteiger partial charge in [0.2, 0.25) is 11.8 Å². The van der Waals surface area contributed by atoms with Gasteiger partial charge in [-0.05, 0) is 19.4 Å². The quantitative estimate of drug-likeness (QED) is 0.835. The molecular weight excluding hydrogens is 204 g/mol. The summed E-state index contributed by atoms with van der Waals surface area (Å²) < 4.78 is 5.65. The van der Waals surface area contributed by atoms with E-state index in [-0.39, 0.29) is 5.91 Å². The summed E-state index contributed by atoms with van der Waals surface area (Å²) in [5.74, 6) is 1.24. The third kappa shape index (κ3) is 2.72. The van der Waals surface area contributed by atoms with E-state index in [1.165, 1.54) is 0 Å². The van der Waals surface area contributed by atoms with Crippen molar-refractivity contribution in [1.29, 1.82) is 0 Å². The lowest BCUT2D eigenvalue weighted by Crippen LogP contribution is -2.37. The zero-order valence-electron chi connectivity index (χ0n) is 9.40. The molecule has 1 N–H and O–H groups in total. The fourth-order valence-electron chi connectivity index (χ4n) is 1.75.